The van der Waals surface area contributed by atoms with Gasteiger partial charge >= 0.3 is 0 Å². The van der Waals surface area contributed by atoms with Gasteiger partial charge in [-0.1, -0.05) is 30.3 Å². The second kappa shape index (κ2) is 8.44. The van der Waals surface area contributed by atoms with Crippen LogP contribution in [0.15, 0.2) is 59.7 Å². The van der Waals surface area contributed by atoms with E-state index in [0.29, 0.717) is 19.0 Å². The van der Waals surface area contributed by atoms with Crippen molar-refractivity contribution in [1.29, 1.82) is 0 Å². The third-order valence-electron chi connectivity index (χ3n) is 5.66. The highest BCUT2D eigenvalue weighted by molar-refractivity contribution is 5.80. The molecule has 8 nitrogen and oxygen atoms in total. The lowest BCUT2D eigenvalue weighted by Gasteiger charge is -2.32. The number of nitrogens with zero attached hydrogens (tertiary/aromatic N) is 4. The summed E-state index contributed by atoms with van der Waals surface area (Å²) in [6.45, 7) is 1.28. The second-order valence-corrected chi connectivity index (χ2v) is 7.65. The topological polar surface area (TPSA) is 98.3 Å². The first-order chi connectivity index (χ1) is 14.5. The molecule has 0 saturated carbocycles. The lowest BCUT2D eigenvalue weighted by Crippen LogP contribution is -2.41. The van der Waals surface area contributed by atoms with E-state index in [1.54, 1.807) is 4.90 Å². The number of hydrogen-bond acceptors (Lipinski definition) is 5. The van der Waals surface area contributed by atoms with Crippen LogP contribution in [0.3, 0.4) is 0 Å². The van der Waals surface area contributed by atoms with Crippen LogP contribution in [0.2, 0.25) is 0 Å². The Morgan fingerprint density at radius 2 is 1.87 bits per heavy atom. The first-order valence-electron chi connectivity index (χ1n) is 9.96. The minimum atomic E-state index is -0.530. The van der Waals surface area contributed by atoms with Crippen molar-refractivity contribution < 1.29 is 9.72 Å². The summed E-state index contributed by atoms with van der Waals surface area (Å²) in [6.07, 6.45) is 4.18. The maximum absolute atomic E-state index is 12.7. The Morgan fingerprint density at radius 1 is 1.13 bits per heavy atom. The lowest BCUT2D eigenvalue weighted by atomic mass is 9.90. The van der Waals surface area contributed by atoms with Crippen LogP contribution in [-0.4, -0.2) is 38.4 Å². The van der Waals surface area contributed by atoms with Crippen LogP contribution in [0.1, 0.15) is 18.4 Å². The van der Waals surface area contributed by atoms with Gasteiger partial charge in [0.25, 0.3) is 11.2 Å². The van der Waals surface area contributed by atoms with Gasteiger partial charge in [0, 0.05) is 25.2 Å². The molecular weight excluding hydrogens is 384 g/mol. The summed E-state index contributed by atoms with van der Waals surface area (Å²) in [5, 5.41) is 11.1. The standard InChI is InChI=1S/C22H22N4O4/c27-21(24-10-8-17(9-11-24)12-16-4-2-1-3-5-16)14-25-15-23-20-13-18(26(29)30)6-7-19(20)22(25)28/h1-7,13,15,17H,8-12,14H2. The van der Waals surface area contributed by atoms with Gasteiger partial charge in [0.2, 0.25) is 5.91 Å². The largest absolute Gasteiger partial charge is 0.341 e. The monoisotopic (exact) mass is 406 g/mol. The van der Waals surface area contributed by atoms with Crippen LogP contribution in [0.25, 0.3) is 10.9 Å². The predicted octanol–water partition coefficient (Wildman–Crippen LogP) is 2.79. The fourth-order valence-corrected chi connectivity index (χ4v) is 3.95. The first-order valence-corrected chi connectivity index (χ1v) is 9.96. The number of nitro benzene ring substituents is 1. The first kappa shape index (κ1) is 19.8. The van der Waals surface area contributed by atoms with Gasteiger partial charge in [-0.05, 0) is 36.8 Å². The maximum atomic E-state index is 12.7. The van der Waals surface area contributed by atoms with Crippen molar-refractivity contribution in [2.75, 3.05) is 13.1 Å². The Balaban J connectivity index is 1.40. The quantitative estimate of drug-likeness (QED) is 0.479. The minimum Gasteiger partial charge on any atom is -0.341 e. The number of non-ortho nitro benzene ring substituents is 1. The highest BCUT2D eigenvalue weighted by Gasteiger charge is 2.23. The summed E-state index contributed by atoms with van der Waals surface area (Å²) in [5.74, 6) is 0.440. The van der Waals surface area contributed by atoms with Crippen molar-refractivity contribution in [2.45, 2.75) is 25.8 Å². The van der Waals surface area contributed by atoms with Crippen molar-refractivity contribution in [3.05, 3.63) is 80.9 Å². The Hall–Kier alpha value is -3.55. The molecule has 1 aliphatic heterocycles. The third kappa shape index (κ3) is 4.22. The van der Waals surface area contributed by atoms with E-state index in [4.69, 9.17) is 0 Å². The number of carbonyl (C=O) groups excluding carboxylic acids is 1. The molecule has 1 saturated heterocycles. The van der Waals surface area contributed by atoms with E-state index in [1.165, 1.54) is 34.7 Å². The molecule has 8 heteroatoms. The Morgan fingerprint density at radius 3 is 2.57 bits per heavy atom. The summed E-state index contributed by atoms with van der Waals surface area (Å²) in [4.78, 5) is 41.7. The van der Waals surface area contributed by atoms with Crippen LogP contribution in [0, 0.1) is 16.0 Å². The van der Waals surface area contributed by atoms with E-state index >= 15 is 0 Å². The number of fused-ring (bicyclic) bond motifs is 1. The molecule has 0 N–H and O–H groups in total. The molecule has 1 amide bonds. The second-order valence-electron chi connectivity index (χ2n) is 7.65. The highest BCUT2D eigenvalue weighted by atomic mass is 16.6. The molecule has 1 aromatic heterocycles. The van der Waals surface area contributed by atoms with Crippen LogP contribution >= 0.6 is 0 Å². The van der Waals surface area contributed by atoms with Gasteiger partial charge < -0.3 is 4.90 Å². The average Bonchev–Trinajstić information content (AvgIpc) is 2.76. The maximum Gasteiger partial charge on any atom is 0.271 e. The van der Waals surface area contributed by atoms with Crippen molar-refractivity contribution in [2.24, 2.45) is 5.92 Å². The molecule has 0 radical (unpaired) electrons. The molecule has 1 fully saturated rings. The van der Waals surface area contributed by atoms with E-state index < -0.39 is 4.92 Å². The van der Waals surface area contributed by atoms with Gasteiger partial charge in [0.05, 0.1) is 22.2 Å². The van der Waals surface area contributed by atoms with Gasteiger partial charge in [-0.3, -0.25) is 24.3 Å². The van der Waals surface area contributed by atoms with Gasteiger partial charge in [-0.15, -0.1) is 0 Å². The molecular formula is C22H22N4O4. The minimum absolute atomic E-state index is 0.0812. The predicted molar refractivity (Wildman–Crippen MR) is 112 cm³/mol. The van der Waals surface area contributed by atoms with Crippen molar-refractivity contribution >= 4 is 22.5 Å². The van der Waals surface area contributed by atoms with E-state index in [-0.39, 0.29) is 34.6 Å². The fourth-order valence-electron chi connectivity index (χ4n) is 3.95. The van der Waals surface area contributed by atoms with Crippen LogP contribution in [0.4, 0.5) is 5.69 Å². The zero-order chi connectivity index (χ0) is 21.1. The number of piperidine rings is 1. The molecule has 154 valence electrons. The summed E-state index contributed by atoms with van der Waals surface area (Å²) < 4.78 is 1.27. The van der Waals surface area contributed by atoms with Gasteiger partial charge in [0.15, 0.2) is 0 Å². The molecule has 2 aromatic carbocycles. The summed E-state index contributed by atoms with van der Waals surface area (Å²) in [7, 11) is 0. The number of hydrogen-bond donors (Lipinski definition) is 0. The molecule has 1 aliphatic rings. The zero-order valence-corrected chi connectivity index (χ0v) is 16.4. The summed E-state index contributed by atoms with van der Waals surface area (Å²) in [5.41, 5.74) is 1.07. The molecule has 0 bridgehead atoms. The van der Waals surface area contributed by atoms with E-state index in [9.17, 15) is 19.7 Å². The molecule has 3 aromatic rings. The lowest BCUT2D eigenvalue weighted by molar-refractivity contribution is -0.384. The summed E-state index contributed by atoms with van der Waals surface area (Å²) in [6, 6.07) is 14.3. The number of carbonyl (C=O) groups is 1. The van der Waals surface area contributed by atoms with E-state index in [1.807, 2.05) is 18.2 Å². The SMILES string of the molecule is O=C(Cn1cnc2cc([N+](=O)[O-])ccc2c1=O)N1CCC(Cc2ccccc2)CC1. The Labute approximate surface area is 172 Å². The average molecular weight is 406 g/mol. The molecule has 30 heavy (non-hydrogen) atoms. The van der Waals surface area contributed by atoms with Gasteiger partial charge in [0.1, 0.15) is 6.54 Å². The smallest absolute Gasteiger partial charge is 0.271 e. The Kier molecular flexibility index (Phi) is 5.56. The number of rotatable bonds is 5. The number of aromatic nitrogens is 2. The molecule has 0 spiro atoms. The van der Waals surface area contributed by atoms with Crippen LogP contribution < -0.4 is 5.56 Å². The number of benzene rings is 2. The normalized spacial score (nSPS) is 14.7. The van der Waals surface area contributed by atoms with E-state index in [2.05, 4.69) is 17.1 Å². The number of amides is 1. The highest BCUT2D eigenvalue weighted by Crippen LogP contribution is 2.22. The van der Waals surface area contributed by atoms with Gasteiger partial charge in [-0.25, -0.2) is 4.98 Å². The van der Waals surface area contributed by atoms with Crippen LogP contribution in [0.5, 0.6) is 0 Å². The molecule has 0 aliphatic carbocycles. The molecule has 0 unspecified atom stereocenters. The van der Waals surface area contributed by atoms with Crippen molar-refractivity contribution in [1.82, 2.24) is 14.5 Å². The van der Waals surface area contributed by atoms with Gasteiger partial charge in [-0.2, -0.15) is 0 Å². The Bertz CT molecular complexity index is 1130. The van der Waals surface area contributed by atoms with Crippen molar-refractivity contribution in [3.63, 3.8) is 0 Å². The third-order valence-corrected chi connectivity index (χ3v) is 5.66. The zero-order valence-electron chi connectivity index (χ0n) is 16.4. The molecule has 4 rings (SSSR count). The summed E-state index contributed by atoms with van der Waals surface area (Å²) >= 11 is 0. The van der Waals surface area contributed by atoms with Crippen molar-refractivity contribution in [3.8, 4) is 0 Å². The number of likely N-dealkylation sites (tertiary alicyclic amines) is 1. The number of nitro groups is 1. The molecule has 2 heterocycles. The molecule has 0 atom stereocenters. The van der Waals surface area contributed by atoms with Crippen LogP contribution in [-0.2, 0) is 17.8 Å². The van der Waals surface area contributed by atoms with E-state index in [0.717, 1.165) is 19.3 Å². The fraction of sp³-hybridized carbons (Fsp3) is 0.318.